The van der Waals surface area contributed by atoms with Crippen molar-refractivity contribution in [1.29, 1.82) is 0 Å². The van der Waals surface area contributed by atoms with Gasteiger partial charge in [-0.05, 0) is 37.6 Å². The van der Waals surface area contributed by atoms with E-state index in [9.17, 15) is 14.4 Å². The zero-order chi connectivity index (χ0) is 20.4. The van der Waals surface area contributed by atoms with E-state index in [0.717, 1.165) is 11.0 Å². The third-order valence-corrected chi connectivity index (χ3v) is 4.91. The molecule has 0 fully saturated rings. The number of fused-ring (bicyclic) bond motifs is 2. The van der Waals surface area contributed by atoms with Crippen molar-refractivity contribution in [3.8, 4) is 0 Å². The van der Waals surface area contributed by atoms with Crippen LogP contribution >= 0.6 is 0 Å². The third kappa shape index (κ3) is 3.96. The molecule has 29 heavy (non-hydrogen) atoms. The molecule has 3 amide bonds. The first kappa shape index (κ1) is 18.7. The zero-order valence-corrected chi connectivity index (χ0v) is 15.9. The topological polar surface area (TPSA) is 116 Å². The molecule has 0 saturated carbocycles. The highest BCUT2D eigenvalue weighted by Crippen LogP contribution is 2.19. The van der Waals surface area contributed by atoms with E-state index in [1.807, 2.05) is 31.2 Å². The van der Waals surface area contributed by atoms with Crippen LogP contribution in [0.4, 0.5) is 5.69 Å². The van der Waals surface area contributed by atoms with Crippen LogP contribution in [0.3, 0.4) is 0 Å². The maximum absolute atomic E-state index is 12.4. The van der Waals surface area contributed by atoms with Gasteiger partial charge >= 0.3 is 0 Å². The molecule has 148 valence electrons. The first-order valence-electron chi connectivity index (χ1n) is 9.46. The molecule has 8 nitrogen and oxygen atoms in total. The average Bonchev–Trinajstić information content (AvgIpc) is 3.10. The smallest absolute Gasteiger partial charge is 0.254 e. The highest BCUT2D eigenvalue weighted by molar-refractivity contribution is 6.09. The van der Waals surface area contributed by atoms with Gasteiger partial charge in [0.1, 0.15) is 11.9 Å². The molecule has 2 heterocycles. The summed E-state index contributed by atoms with van der Waals surface area (Å²) in [5.41, 5.74) is 2.62. The lowest BCUT2D eigenvalue weighted by molar-refractivity contribution is -0.122. The molecule has 3 aromatic rings. The number of aromatic amines is 1. The summed E-state index contributed by atoms with van der Waals surface area (Å²) in [6.07, 6.45) is 0.295. The Morgan fingerprint density at radius 3 is 2.72 bits per heavy atom. The SMILES string of the molecule is C[C@H](NC(=O)CC[C@H]1NC(=O)c2ccccc2NC1=O)c1nc2ccccc2[nH]1. The van der Waals surface area contributed by atoms with Crippen LogP contribution in [0.5, 0.6) is 0 Å². The van der Waals surface area contributed by atoms with Crippen LogP contribution in [0.25, 0.3) is 11.0 Å². The fraction of sp³-hybridized carbons (Fsp3) is 0.238. The number of rotatable bonds is 5. The Morgan fingerprint density at radius 2 is 1.90 bits per heavy atom. The number of carbonyl (C=O) groups is 3. The number of nitrogens with zero attached hydrogens (tertiary/aromatic N) is 1. The van der Waals surface area contributed by atoms with Gasteiger partial charge < -0.3 is 20.9 Å². The molecule has 1 aliphatic rings. The quantitative estimate of drug-likeness (QED) is 0.534. The number of anilines is 1. The highest BCUT2D eigenvalue weighted by atomic mass is 16.2. The van der Waals surface area contributed by atoms with E-state index in [1.165, 1.54) is 0 Å². The van der Waals surface area contributed by atoms with Gasteiger partial charge in [0.15, 0.2) is 0 Å². The van der Waals surface area contributed by atoms with Crippen molar-refractivity contribution in [2.75, 3.05) is 5.32 Å². The first-order valence-corrected chi connectivity index (χ1v) is 9.46. The van der Waals surface area contributed by atoms with Gasteiger partial charge in [-0.15, -0.1) is 0 Å². The van der Waals surface area contributed by atoms with Gasteiger partial charge in [-0.2, -0.15) is 0 Å². The van der Waals surface area contributed by atoms with Crippen molar-refractivity contribution in [1.82, 2.24) is 20.6 Å². The van der Waals surface area contributed by atoms with E-state index in [-0.39, 0.29) is 36.6 Å². The Kier molecular flexibility index (Phi) is 4.99. The van der Waals surface area contributed by atoms with Crippen LogP contribution in [0.15, 0.2) is 48.5 Å². The van der Waals surface area contributed by atoms with E-state index in [4.69, 9.17) is 0 Å². The number of amides is 3. The molecular formula is C21H21N5O3. The van der Waals surface area contributed by atoms with Crippen LogP contribution in [0, 0.1) is 0 Å². The Labute approximate surface area is 167 Å². The summed E-state index contributed by atoms with van der Waals surface area (Å²) >= 11 is 0. The summed E-state index contributed by atoms with van der Waals surface area (Å²) < 4.78 is 0. The lowest BCUT2D eigenvalue weighted by atomic mass is 10.1. The first-order chi connectivity index (χ1) is 14.0. The van der Waals surface area contributed by atoms with Crippen LogP contribution in [0.1, 0.15) is 42.0 Å². The van der Waals surface area contributed by atoms with E-state index >= 15 is 0 Å². The molecular weight excluding hydrogens is 370 g/mol. The number of carbonyl (C=O) groups excluding carboxylic acids is 3. The van der Waals surface area contributed by atoms with Crippen LogP contribution in [-0.2, 0) is 9.59 Å². The predicted molar refractivity (Wildman–Crippen MR) is 108 cm³/mol. The Hall–Kier alpha value is -3.68. The van der Waals surface area contributed by atoms with E-state index < -0.39 is 6.04 Å². The fourth-order valence-corrected chi connectivity index (χ4v) is 3.35. The Bertz CT molecular complexity index is 1060. The Morgan fingerprint density at radius 1 is 1.14 bits per heavy atom. The van der Waals surface area contributed by atoms with Crippen molar-refractivity contribution in [2.45, 2.75) is 31.8 Å². The minimum atomic E-state index is -0.776. The normalized spacial score (nSPS) is 17.1. The molecule has 0 radical (unpaired) electrons. The molecule has 4 N–H and O–H groups in total. The van der Waals surface area contributed by atoms with Gasteiger partial charge in [0.2, 0.25) is 11.8 Å². The molecule has 2 atom stereocenters. The van der Waals surface area contributed by atoms with Crippen molar-refractivity contribution in [3.05, 3.63) is 59.9 Å². The molecule has 0 spiro atoms. The van der Waals surface area contributed by atoms with Crippen LogP contribution in [0.2, 0.25) is 0 Å². The lowest BCUT2D eigenvalue weighted by Crippen LogP contribution is -2.42. The van der Waals surface area contributed by atoms with Gasteiger partial charge in [0, 0.05) is 6.42 Å². The number of para-hydroxylation sites is 3. The van der Waals surface area contributed by atoms with Gasteiger partial charge in [0.25, 0.3) is 5.91 Å². The number of imidazole rings is 1. The van der Waals surface area contributed by atoms with Gasteiger partial charge in [0.05, 0.1) is 28.3 Å². The average molecular weight is 391 g/mol. The number of nitrogens with one attached hydrogen (secondary N) is 4. The fourth-order valence-electron chi connectivity index (χ4n) is 3.35. The number of benzene rings is 2. The number of aromatic nitrogens is 2. The molecule has 0 aliphatic carbocycles. The molecule has 8 heteroatoms. The summed E-state index contributed by atoms with van der Waals surface area (Å²) in [4.78, 5) is 44.8. The van der Waals surface area contributed by atoms with Crippen LogP contribution < -0.4 is 16.0 Å². The summed E-state index contributed by atoms with van der Waals surface area (Å²) in [7, 11) is 0. The van der Waals surface area contributed by atoms with Crippen molar-refractivity contribution in [3.63, 3.8) is 0 Å². The molecule has 0 bridgehead atoms. The maximum Gasteiger partial charge on any atom is 0.254 e. The maximum atomic E-state index is 12.4. The van der Waals surface area contributed by atoms with Gasteiger partial charge in [-0.1, -0.05) is 24.3 Å². The predicted octanol–water partition coefficient (Wildman–Crippen LogP) is 2.27. The summed E-state index contributed by atoms with van der Waals surface area (Å²) in [6, 6.07) is 13.4. The van der Waals surface area contributed by atoms with E-state index in [0.29, 0.717) is 17.1 Å². The monoisotopic (exact) mass is 391 g/mol. The molecule has 1 aromatic heterocycles. The summed E-state index contributed by atoms with van der Waals surface area (Å²) in [6.45, 7) is 1.84. The minimum Gasteiger partial charge on any atom is -0.346 e. The molecule has 4 rings (SSSR count). The molecule has 1 aliphatic heterocycles. The minimum absolute atomic E-state index is 0.0965. The number of hydrogen-bond acceptors (Lipinski definition) is 4. The third-order valence-electron chi connectivity index (χ3n) is 4.91. The van der Waals surface area contributed by atoms with E-state index in [1.54, 1.807) is 24.3 Å². The van der Waals surface area contributed by atoms with E-state index in [2.05, 4.69) is 25.9 Å². The summed E-state index contributed by atoms with van der Waals surface area (Å²) in [5, 5.41) is 8.31. The summed E-state index contributed by atoms with van der Waals surface area (Å²) in [5.74, 6) is -0.223. The van der Waals surface area contributed by atoms with Crippen molar-refractivity contribution >= 4 is 34.4 Å². The second kappa shape index (κ2) is 7.75. The molecule has 0 unspecified atom stereocenters. The van der Waals surface area contributed by atoms with Crippen LogP contribution in [-0.4, -0.2) is 33.7 Å². The number of hydrogen-bond donors (Lipinski definition) is 4. The zero-order valence-electron chi connectivity index (χ0n) is 15.9. The lowest BCUT2D eigenvalue weighted by Gasteiger charge is -2.16. The van der Waals surface area contributed by atoms with Crippen molar-refractivity contribution in [2.24, 2.45) is 0 Å². The second-order valence-corrected chi connectivity index (χ2v) is 7.03. The standard InChI is InChI=1S/C21H21N5O3/c1-12(19-23-15-8-4-5-9-16(15)24-19)22-18(27)11-10-17-21(29)25-14-7-3-2-6-13(14)20(28)26-17/h2-9,12,17H,10-11H2,1H3,(H,22,27)(H,23,24)(H,25,29)(H,26,28)/t12-,17+/m0/s1. The Balaban J connectivity index is 1.35. The largest absolute Gasteiger partial charge is 0.346 e. The molecule has 0 saturated heterocycles. The van der Waals surface area contributed by atoms with Gasteiger partial charge in [-0.3, -0.25) is 14.4 Å². The molecule has 2 aromatic carbocycles. The highest BCUT2D eigenvalue weighted by Gasteiger charge is 2.28. The second-order valence-electron chi connectivity index (χ2n) is 7.03. The van der Waals surface area contributed by atoms with Crippen molar-refractivity contribution < 1.29 is 14.4 Å². The van der Waals surface area contributed by atoms with Gasteiger partial charge in [-0.25, -0.2) is 4.98 Å². The number of H-pyrrole nitrogens is 1.